The molecule has 2 fully saturated rings. The first kappa shape index (κ1) is 28.7. The summed E-state index contributed by atoms with van der Waals surface area (Å²) in [7, 11) is 2.18. The summed E-state index contributed by atoms with van der Waals surface area (Å²) in [6.07, 6.45) is 12.9. The van der Waals surface area contributed by atoms with Crippen molar-refractivity contribution >= 4 is 16.9 Å². The van der Waals surface area contributed by atoms with E-state index in [0.29, 0.717) is 11.8 Å². The third-order valence-corrected chi connectivity index (χ3v) is 11.1. The summed E-state index contributed by atoms with van der Waals surface area (Å²) < 4.78 is 0. The molecule has 1 spiro atoms. The van der Waals surface area contributed by atoms with Gasteiger partial charge < -0.3 is 4.90 Å². The Labute approximate surface area is 264 Å². The summed E-state index contributed by atoms with van der Waals surface area (Å²) >= 11 is 0. The highest BCUT2D eigenvalue weighted by Crippen LogP contribution is 2.64. The van der Waals surface area contributed by atoms with E-state index in [2.05, 4.69) is 148 Å². The maximum Gasteiger partial charge on any atom is 0.0410 e. The van der Waals surface area contributed by atoms with E-state index in [9.17, 15) is 0 Å². The zero-order chi connectivity index (χ0) is 30.3. The molecule has 0 N–H and O–H groups in total. The summed E-state index contributed by atoms with van der Waals surface area (Å²) in [6.45, 7) is 9.12. The summed E-state index contributed by atoms with van der Waals surface area (Å²) in [5, 5.41) is 0. The molecule has 0 heterocycles. The molecule has 3 aliphatic rings. The minimum absolute atomic E-state index is 0.0888. The van der Waals surface area contributed by atoms with Crippen molar-refractivity contribution < 1.29 is 0 Å². The maximum absolute atomic E-state index is 4.07. The van der Waals surface area contributed by atoms with Crippen molar-refractivity contribution in [2.75, 3.05) is 11.9 Å². The molecule has 7 rings (SSSR count). The predicted octanol–water partition coefficient (Wildman–Crippen LogP) is 11.2. The van der Waals surface area contributed by atoms with Crippen LogP contribution < -0.4 is 4.90 Å². The van der Waals surface area contributed by atoms with E-state index < -0.39 is 0 Å². The fourth-order valence-corrected chi connectivity index (χ4v) is 9.35. The first-order valence-electron chi connectivity index (χ1n) is 16.6. The normalized spacial score (nSPS) is 25.8. The van der Waals surface area contributed by atoms with Gasteiger partial charge in [0.2, 0.25) is 0 Å². The van der Waals surface area contributed by atoms with E-state index in [1.54, 1.807) is 11.1 Å². The molecule has 222 valence electrons. The molecule has 2 saturated carbocycles. The molecular formula is C43H45N. The van der Waals surface area contributed by atoms with Crippen LogP contribution in [0.25, 0.3) is 16.7 Å². The number of anilines is 2. The van der Waals surface area contributed by atoms with Crippen LogP contribution in [0.2, 0.25) is 0 Å². The largest absolute Gasteiger partial charge is 0.345 e. The molecule has 3 aliphatic carbocycles. The Morgan fingerprint density at radius 3 is 2.32 bits per heavy atom. The van der Waals surface area contributed by atoms with Crippen LogP contribution in [0.1, 0.15) is 56.2 Å². The van der Waals surface area contributed by atoms with E-state index in [1.165, 1.54) is 64.9 Å². The maximum atomic E-state index is 4.07. The summed E-state index contributed by atoms with van der Waals surface area (Å²) in [5.74, 6) is 3.00. The first-order chi connectivity index (χ1) is 21.5. The highest BCUT2D eigenvalue weighted by Gasteiger charge is 2.56. The van der Waals surface area contributed by atoms with Crippen LogP contribution in [0.15, 0.2) is 134 Å². The number of fused-ring (bicyclic) bond motifs is 5. The van der Waals surface area contributed by atoms with Crippen molar-refractivity contribution in [2.24, 2.45) is 23.7 Å². The van der Waals surface area contributed by atoms with Crippen molar-refractivity contribution in [3.8, 4) is 11.1 Å². The standard InChI is InChI=1S/C43H45N/c1-5-6-18-42-40(39-17-10-11-19-41(39)43(42)31(3)26-33-24-30(2)25-36(43)27-33)29-32-13-12-16-38(28-32)44(4)37-22-20-35(21-23-37)34-14-8-7-9-15-34/h5-23,28,30-31,33,36H,1,24-27,29H2,2-4H3/b18-6-. The highest BCUT2D eigenvalue weighted by atomic mass is 15.1. The second kappa shape index (κ2) is 11.8. The van der Waals surface area contributed by atoms with Gasteiger partial charge in [0.05, 0.1) is 0 Å². The van der Waals surface area contributed by atoms with Crippen LogP contribution in [-0.2, 0) is 11.8 Å². The second-order valence-corrected chi connectivity index (χ2v) is 13.7. The summed E-state index contributed by atoms with van der Waals surface area (Å²) in [4.78, 5) is 2.31. The first-order valence-corrected chi connectivity index (χ1v) is 16.6. The topological polar surface area (TPSA) is 3.24 Å². The molecule has 0 aromatic heterocycles. The van der Waals surface area contributed by atoms with Crippen LogP contribution in [0.4, 0.5) is 11.4 Å². The zero-order valence-electron chi connectivity index (χ0n) is 26.5. The molecule has 0 amide bonds. The average Bonchev–Trinajstić information content (AvgIpc) is 3.32. The Morgan fingerprint density at radius 1 is 0.773 bits per heavy atom. The van der Waals surface area contributed by atoms with E-state index in [-0.39, 0.29) is 5.41 Å². The average molecular weight is 576 g/mol. The van der Waals surface area contributed by atoms with Gasteiger partial charge >= 0.3 is 0 Å². The molecule has 4 aromatic rings. The monoisotopic (exact) mass is 575 g/mol. The van der Waals surface area contributed by atoms with Crippen molar-refractivity contribution in [1.82, 2.24) is 0 Å². The Kier molecular flexibility index (Phi) is 7.67. The fourth-order valence-electron chi connectivity index (χ4n) is 9.35. The molecule has 44 heavy (non-hydrogen) atoms. The second-order valence-electron chi connectivity index (χ2n) is 13.7. The lowest BCUT2D eigenvalue weighted by molar-refractivity contribution is 0.0416. The predicted molar refractivity (Wildman–Crippen MR) is 188 cm³/mol. The molecule has 5 unspecified atom stereocenters. The molecule has 5 atom stereocenters. The number of benzene rings is 4. The van der Waals surface area contributed by atoms with E-state index in [4.69, 9.17) is 0 Å². The summed E-state index contributed by atoms with van der Waals surface area (Å²) in [5.41, 5.74) is 12.5. The van der Waals surface area contributed by atoms with Crippen LogP contribution >= 0.6 is 0 Å². The number of hydrogen-bond donors (Lipinski definition) is 0. The highest BCUT2D eigenvalue weighted by molar-refractivity contribution is 5.85. The lowest BCUT2D eigenvalue weighted by atomic mass is 9.49. The van der Waals surface area contributed by atoms with E-state index >= 15 is 0 Å². The van der Waals surface area contributed by atoms with E-state index in [1.807, 2.05) is 6.08 Å². The SMILES string of the molecule is C=C/C=C\C1=C(Cc2cccc(N(C)c3ccc(-c4ccccc4)cc3)c2)c2ccccc2C12C(C)CC1CC(C)CC2C1. The molecule has 0 saturated heterocycles. The van der Waals surface area contributed by atoms with Gasteiger partial charge in [-0.25, -0.2) is 0 Å². The number of hydrogen-bond acceptors (Lipinski definition) is 1. The van der Waals surface area contributed by atoms with Gasteiger partial charge in [-0.05, 0) is 119 Å². The Balaban J connectivity index is 1.26. The Bertz CT molecular complexity index is 1700. The molecule has 4 aromatic carbocycles. The number of rotatable bonds is 7. The molecule has 2 bridgehead atoms. The van der Waals surface area contributed by atoms with Gasteiger partial charge in [-0.1, -0.05) is 118 Å². The van der Waals surface area contributed by atoms with Crippen LogP contribution in [0.5, 0.6) is 0 Å². The van der Waals surface area contributed by atoms with Gasteiger partial charge in [-0.2, -0.15) is 0 Å². The fraction of sp³-hybridized carbons (Fsp3) is 0.302. The minimum atomic E-state index is 0.0888. The number of allylic oxidation sites excluding steroid dienone is 5. The molecule has 0 aliphatic heterocycles. The van der Waals surface area contributed by atoms with Gasteiger partial charge in [0.1, 0.15) is 0 Å². The van der Waals surface area contributed by atoms with Gasteiger partial charge in [-0.3, -0.25) is 0 Å². The molecular weight excluding hydrogens is 530 g/mol. The summed E-state index contributed by atoms with van der Waals surface area (Å²) in [6, 6.07) is 38.1. The van der Waals surface area contributed by atoms with Crippen molar-refractivity contribution in [3.05, 3.63) is 150 Å². The third kappa shape index (κ3) is 4.87. The van der Waals surface area contributed by atoms with Crippen LogP contribution in [0.3, 0.4) is 0 Å². The zero-order valence-corrected chi connectivity index (χ0v) is 26.5. The minimum Gasteiger partial charge on any atom is -0.345 e. The van der Waals surface area contributed by atoms with Gasteiger partial charge in [0.15, 0.2) is 0 Å². The lowest BCUT2D eigenvalue weighted by Crippen LogP contribution is -2.49. The van der Waals surface area contributed by atoms with Gasteiger partial charge in [-0.15, -0.1) is 0 Å². The molecule has 1 heteroatoms. The smallest absolute Gasteiger partial charge is 0.0410 e. The molecule has 0 radical (unpaired) electrons. The number of nitrogens with zero attached hydrogens (tertiary/aromatic N) is 1. The van der Waals surface area contributed by atoms with Gasteiger partial charge in [0, 0.05) is 23.8 Å². The Hall–Kier alpha value is -4.10. The molecule has 1 nitrogen and oxygen atoms in total. The van der Waals surface area contributed by atoms with E-state index in [0.717, 1.165) is 18.3 Å². The van der Waals surface area contributed by atoms with Crippen molar-refractivity contribution in [3.63, 3.8) is 0 Å². The van der Waals surface area contributed by atoms with Gasteiger partial charge in [0.25, 0.3) is 0 Å². The Morgan fingerprint density at radius 2 is 1.52 bits per heavy atom. The quantitative estimate of drug-likeness (QED) is 0.198. The third-order valence-electron chi connectivity index (χ3n) is 11.1. The van der Waals surface area contributed by atoms with Crippen LogP contribution in [0, 0.1) is 23.7 Å². The van der Waals surface area contributed by atoms with Crippen LogP contribution in [-0.4, -0.2) is 7.05 Å². The lowest BCUT2D eigenvalue weighted by Gasteiger charge is -2.55. The van der Waals surface area contributed by atoms with Crippen molar-refractivity contribution in [1.29, 1.82) is 0 Å². The van der Waals surface area contributed by atoms with Crippen molar-refractivity contribution in [2.45, 2.75) is 51.4 Å².